The molecule has 0 radical (unpaired) electrons. The fourth-order valence-electron chi connectivity index (χ4n) is 1.55. The third-order valence-corrected chi connectivity index (χ3v) is 3.17. The maximum atomic E-state index is 12.6. The van der Waals surface area contributed by atoms with Gasteiger partial charge in [-0.05, 0) is 37.2 Å². The van der Waals surface area contributed by atoms with E-state index in [4.69, 9.17) is 0 Å². The minimum Gasteiger partial charge on any atom is -0.313 e. The zero-order valence-electron chi connectivity index (χ0n) is 9.31. The van der Waals surface area contributed by atoms with Gasteiger partial charge in [0.05, 0.1) is 5.56 Å². The van der Waals surface area contributed by atoms with E-state index in [1.54, 1.807) is 13.1 Å². The third-order valence-electron chi connectivity index (χ3n) is 2.45. The van der Waals surface area contributed by atoms with E-state index in [0.717, 1.165) is 12.1 Å². The number of halogens is 4. The Morgan fingerprint density at radius 2 is 2.12 bits per heavy atom. The smallest absolute Gasteiger partial charge is 0.313 e. The van der Waals surface area contributed by atoms with Crippen molar-refractivity contribution in [1.29, 1.82) is 0 Å². The van der Waals surface area contributed by atoms with Crippen molar-refractivity contribution in [3.05, 3.63) is 46.5 Å². The highest BCUT2D eigenvalue weighted by molar-refractivity contribution is 9.10. The topological polar surface area (TPSA) is 12.0 Å². The lowest BCUT2D eigenvalue weighted by molar-refractivity contribution is -0.137. The quantitative estimate of drug-likeness (QED) is 0.818. The summed E-state index contributed by atoms with van der Waals surface area (Å²) in [5.74, 6) is 0. The SMILES string of the molecule is C=CCC(NC)c1cc(C(F)(F)F)ccc1Br. The Balaban J connectivity index is 3.17. The highest BCUT2D eigenvalue weighted by Gasteiger charge is 2.31. The minimum atomic E-state index is -4.32. The number of hydrogen-bond donors (Lipinski definition) is 1. The van der Waals surface area contributed by atoms with Crippen molar-refractivity contribution >= 4 is 15.9 Å². The van der Waals surface area contributed by atoms with Crippen molar-refractivity contribution in [2.75, 3.05) is 7.05 Å². The zero-order chi connectivity index (χ0) is 13.1. The molecular weight excluding hydrogens is 295 g/mol. The van der Waals surface area contributed by atoms with Gasteiger partial charge in [0.1, 0.15) is 0 Å². The maximum absolute atomic E-state index is 12.6. The van der Waals surface area contributed by atoms with Crippen LogP contribution >= 0.6 is 15.9 Å². The molecule has 0 saturated heterocycles. The predicted molar refractivity (Wildman–Crippen MR) is 65.8 cm³/mol. The second-order valence-electron chi connectivity index (χ2n) is 3.60. The molecule has 17 heavy (non-hydrogen) atoms. The summed E-state index contributed by atoms with van der Waals surface area (Å²) < 4.78 is 38.4. The van der Waals surface area contributed by atoms with Gasteiger partial charge in [0, 0.05) is 10.5 Å². The van der Waals surface area contributed by atoms with E-state index in [2.05, 4.69) is 27.8 Å². The molecule has 0 spiro atoms. The second-order valence-corrected chi connectivity index (χ2v) is 4.45. The van der Waals surface area contributed by atoms with Gasteiger partial charge in [-0.2, -0.15) is 13.2 Å². The van der Waals surface area contributed by atoms with Gasteiger partial charge in [0.15, 0.2) is 0 Å². The molecule has 0 saturated carbocycles. The minimum absolute atomic E-state index is 0.177. The van der Waals surface area contributed by atoms with Crippen LogP contribution in [0.1, 0.15) is 23.6 Å². The molecule has 0 aliphatic heterocycles. The molecule has 0 amide bonds. The van der Waals surface area contributed by atoms with Crippen molar-refractivity contribution < 1.29 is 13.2 Å². The molecule has 1 aromatic rings. The molecule has 0 bridgehead atoms. The van der Waals surface area contributed by atoms with Gasteiger partial charge in [-0.3, -0.25) is 0 Å². The van der Waals surface area contributed by atoms with Crippen molar-refractivity contribution in [2.45, 2.75) is 18.6 Å². The van der Waals surface area contributed by atoms with Gasteiger partial charge in [0.2, 0.25) is 0 Å². The lowest BCUT2D eigenvalue weighted by Gasteiger charge is -2.18. The molecule has 1 unspecified atom stereocenters. The number of benzene rings is 1. The first-order valence-corrected chi connectivity index (χ1v) is 5.84. The van der Waals surface area contributed by atoms with Crippen LogP contribution in [0.5, 0.6) is 0 Å². The number of hydrogen-bond acceptors (Lipinski definition) is 1. The van der Waals surface area contributed by atoms with Gasteiger partial charge < -0.3 is 5.32 Å². The van der Waals surface area contributed by atoms with Crippen LogP contribution in [0.2, 0.25) is 0 Å². The van der Waals surface area contributed by atoms with E-state index in [1.165, 1.54) is 6.07 Å². The van der Waals surface area contributed by atoms with Crippen LogP contribution < -0.4 is 5.32 Å². The van der Waals surface area contributed by atoms with Gasteiger partial charge >= 0.3 is 6.18 Å². The third kappa shape index (κ3) is 3.57. The Labute approximate surface area is 107 Å². The first kappa shape index (κ1) is 14.3. The van der Waals surface area contributed by atoms with Crippen molar-refractivity contribution in [2.24, 2.45) is 0 Å². The highest BCUT2D eigenvalue weighted by Crippen LogP contribution is 2.34. The van der Waals surface area contributed by atoms with Crippen LogP contribution in [0.25, 0.3) is 0 Å². The normalized spacial score (nSPS) is 13.5. The molecule has 5 heteroatoms. The Morgan fingerprint density at radius 3 is 2.59 bits per heavy atom. The van der Waals surface area contributed by atoms with Crippen LogP contribution in [0.4, 0.5) is 13.2 Å². The maximum Gasteiger partial charge on any atom is 0.416 e. The molecule has 1 aromatic carbocycles. The summed E-state index contributed by atoms with van der Waals surface area (Å²) in [6.45, 7) is 3.60. The monoisotopic (exact) mass is 307 g/mol. The molecule has 0 aliphatic carbocycles. The molecule has 0 heterocycles. The van der Waals surface area contributed by atoms with Crippen LogP contribution in [0.3, 0.4) is 0 Å². The summed E-state index contributed by atoms with van der Waals surface area (Å²) in [7, 11) is 1.71. The van der Waals surface area contributed by atoms with E-state index < -0.39 is 11.7 Å². The largest absolute Gasteiger partial charge is 0.416 e. The lowest BCUT2D eigenvalue weighted by Crippen LogP contribution is -2.17. The molecule has 0 fully saturated rings. The molecule has 1 nitrogen and oxygen atoms in total. The molecule has 94 valence electrons. The van der Waals surface area contributed by atoms with Gasteiger partial charge in [-0.15, -0.1) is 6.58 Å². The van der Waals surface area contributed by atoms with Gasteiger partial charge in [-0.25, -0.2) is 0 Å². The first-order valence-electron chi connectivity index (χ1n) is 5.05. The van der Waals surface area contributed by atoms with Crippen LogP contribution in [-0.2, 0) is 6.18 Å². The van der Waals surface area contributed by atoms with Gasteiger partial charge in [0.25, 0.3) is 0 Å². The standard InChI is InChI=1S/C12H13BrF3N/c1-3-4-11(17-2)9-7-8(12(14,15)16)5-6-10(9)13/h3,5-7,11,17H,1,4H2,2H3. The summed E-state index contributed by atoms with van der Waals surface area (Å²) in [5, 5.41) is 2.97. The van der Waals surface area contributed by atoms with Crippen LogP contribution in [-0.4, -0.2) is 7.05 Å². The van der Waals surface area contributed by atoms with E-state index in [0.29, 0.717) is 16.5 Å². The van der Waals surface area contributed by atoms with Crippen LogP contribution in [0, 0.1) is 0 Å². The fraction of sp³-hybridized carbons (Fsp3) is 0.333. The molecule has 1 atom stereocenters. The molecule has 1 N–H and O–H groups in total. The van der Waals surface area contributed by atoms with E-state index >= 15 is 0 Å². The summed E-state index contributed by atoms with van der Waals surface area (Å²) in [5.41, 5.74) is -0.0535. The van der Waals surface area contributed by atoms with Gasteiger partial charge in [-0.1, -0.05) is 22.0 Å². The molecule has 0 aromatic heterocycles. The molecule has 1 rings (SSSR count). The Hall–Kier alpha value is -0.810. The summed E-state index contributed by atoms with van der Waals surface area (Å²) in [6, 6.07) is 3.47. The Bertz CT molecular complexity index is 401. The van der Waals surface area contributed by atoms with Crippen molar-refractivity contribution in [3.8, 4) is 0 Å². The highest BCUT2D eigenvalue weighted by atomic mass is 79.9. The second kappa shape index (κ2) is 5.69. The first-order chi connectivity index (χ1) is 7.90. The number of alkyl halides is 3. The van der Waals surface area contributed by atoms with Crippen molar-refractivity contribution in [1.82, 2.24) is 5.32 Å². The van der Waals surface area contributed by atoms with E-state index in [9.17, 15) is 13.2 Å². The Morgan fingerprint density at radius 1 is 1.47 bits per heavy atom. The Kier molecular flexibility index (Phi) is 4.77. The lowest BCUT2D eigenvalue weighted by atomic mass is 10.0. The molecular formula is C12H13BrF3N. The fourth-order valence-corrected chi connectivity index (χ4v) is 2.08. The summed E-state index contributed by atoms with van der Waals surface area (Å²) in [4.78, 5) is 0. The number of rotatable bonds is 4. The van der Waals surface area contributed by atoms with E-state index in [1.807, 2.05) is 0 Å². The van der Waals surface area contributed by atoms with E-state index in [-0.39, 0.29) is 6.04 Å². The van der Waals surface area contributed by atoms with Crippen LogP contribution in [0.15, 0.2) is 35.3 Å². The molecule has 0 aliphatic rings. The average molecular weight is 308 g/mol. The average Bonchev–Trinajstić information content (AvgIpc) is 2.25. The zero-order valence-corrected chi connectivity index (χ0v) is 10.9. The van der Waals surface area contributed by atoms with Crippen molar-refractivity contribution in [3.63, 3.8) is 0 Å². The predicted octanol–water partition coefficient (Wildman–Crippen LogP) is 4.30. The number of nitrogens with one attached hydrogen (secondary N) is 1. The summed E-state index contributed by atoms with van der Waals surface area (Å²) in [6.07, 6.45) is -2.08. The summed E-state index contributed by atoms with van der Waals surface area (Å²) >= 11 is 3.27.